The first-order valence-corrected chi connectivity index (χ1v) is 5.14. The number of nitrogens with zero attached hydrogens (tertiary/aromatic N) is 4. The van der Waals surface area contributed by atoms with E-state index in [1.54, 1.807) is 4.52 Å². The fourth-order valence-corrected chi connectivity index (χ4v) is 1.77. The van der Waals surface area contributed by atoms with Crippen LogP contribution in [-0.2, 0) is 0 Å². The molecule has 0 aliphatic heterocycles. The van der Waals surface area contributed by atoms with E-state index in [4.69, 9.17) is 11.6 Å². The Bertz CT molecular complexity index is 647. The van der Waals surface area contributed by atoms with Gasteiger partial charge in [0.05, 0.1) is 5.69 Å². The smallest absolute Gasteiger partial charge is 0.211 e. The third-order valence-electron chi connectivity index (χ3n) is 2.30. The van der Waals surface area contributed by atoms with E-state index in [0.717, 1.165) is 11.3 Å². The number of hydrogen-bond donors (Lipinski definition) is 0. The summed E-state index contributed by atoms with van der Waals surface area (Å²) >= 11 is 6.10. The lowest BCUT2D eigenvalue weighted by Gasteiger charge is -2.02. The summed E-state index contributed by atoms with van der Waals surface area (Å²) in [6.45, 7) is 0. The Morgan fingerprint density at radius 1 is 1.12 bits per heavy atom. The molecule has 2 heterocycles. The SMILES string of the molecule is Clc1ccccc1-c1ccn2ncnc2n1. The number of hydrogen-bond acceptors (Lipinski definition) is 3. The highest BCUT2D eigenvalue weighted by atomic mass is 35.5. The van der Waals surface area contributed by atoms with Crippen molar-refractivity contribution >= 4 is 17.4 Å². The molecule has 0 atom stereocenters. The van der Waals surface area contributed by atoms with Crippen LogP contribution < -0.4 is 0 Å². The van der Waals surface area contributed by atoms with E-state index in [-0.39, 0.29) is 0 Å². The Morgan fingerprint density at radius 2 is 2.00 bits per heavy atom. The summed E-state index contributed by atoms with van der Waals surface area (Å²) in [6, 6.07) is 9.45. The van der Waals surface area contributed by atoms with Crippen LogP contribution in [0.1, 0.15) is 0 Å². The van der Waals surface area contributed by atoms with Crippen molar-refractivity contribution in [2.75, 3.05) is 0 Å². The molecule has 0 N–H and O–H groups in total. The quantitative estimate of drug-likeness (QED) is 0.645. The molecule has 3 aromatic rings. The summed E-state index contributed by atoms with van der Waals surface area (Å²) in [4.78, 5) is 8.40. The third kappa shape index (κ3) is 1.44. The Balaban J connectivity index is 2.22. The second kappa shape index (κ2) is 3.57. The molecule has 0 radical (unpaired) electrons. The van der Waals surface area contributed by atoms with Gasteiger partial charge in [0.15, 0.2) is 0 Å². The highest BCUT2D eigenvalue weighted by Gasteiger charge is 2.05. The van der Waals surface area contributed by atoms with Crippen molar-refractivity contribution in [1.82, 2.24) is 19.6 Å². The van der Waals surface area contributed by atoms with Gasteiger partial charge in [-0.05, 0) is 12.1 Å². The topological polar surface area (TPSA) is 43.1 Å². The molecular weight excluding hydrogens is 224 g/mol. The summed E-state index contributed by atoms with van der Waals surface area (Å²) in [6.07, 6.45) is 3.28. The normalized spacial score (nSPS) is 10.8. The number of aromatic nitrogens is 4. The van der Waals surface area contributed by atoms with E-state index in [1.165, 1.54) is 6.33 Å². The van der Waals surface area contributed by atoms with Gasteiger partial charge in [0.2, 0.25) is 0 Å². The number of fused-ring (bicyclic) bond motifs is 1. The zero-order valence-corrected chi connectivity index (χ0v) is 8.96. The molecule has 16 heavy (non-hydrogen) atoms. The second-order valence-electron chi connectivity index (χ2n) is 3.30. The van der Waals surface area contributed by atoms with Crippen LogP contribution in [0, 0.1) is 0 Å². The first kappa shape index (κ1) is 9.30. The zero-order valence-electron chi connectivity index (χ0n) is 8.21. The minimum atomic E-state index is 0.567. The lowest BCUT2D eigenvalue weighted by atomic mass is 10.1. The first-order valence-electron chi connectivity index (χ1n) is 4.76. The van der Waals surface area contributed by atoms with E-state index in [2.05, 4.69) is 15.1 Å². The van der Waals surface area contributed by atoms with Crippen LogP contribution >= 0.6 is 11.6 Å². The Labute approximate surface area is 96.5 Å². The predicted octanol–water partition coefficient (Wildman–Crippen LogP) is 2.44. The average Bonchev–Trinajstić information content (AvgIpc) is 2.76. The first-order chi connectivity index (χ1) is 7.84. The molecule has 0 saturated heterocycles. The van der Waals surface area contributed by atoms with Gasteiger partial charge < -0.3 is 0 Å². The van der Waals surface area contributed by atoms with Crippen LogP contribution in [-0.4, -0.2) is 19.6 Å². The number of rotatable bonds is 1. The molecule has 0 saturated carbocycles. The van der Waals surface area contributed by atoms with Gasteiger partial charge in [0.1, 0.15) is 6.33 Å². The third-order valence-corrected chi connectivity index (χ3v) is 2.63. The molecular formula is C11H7ClN4. The largest absolute Gasteiger partial charge is 0.252 e. The van der Waals surface area contributed by atoms with E-state index >= 15 is 0 Å². The highest BCUT2D eigenvalue weighted by molar-refractivity contribution is 6.33. The molecule has 3 rings (SSSR count). The van der Waals surface area contributed by atoms with E-state index in [0.29, 0.717) is 10.8 Å². The Hall–Kier alpha value is -1.94. The molecule has 4 nitrogen and oxygen atoms in total. The maximum Gasteiger partial charge on any atom is 0.252 e. The molecule has 0 aliphatic rings. The molecule has 1 aromatic carbocycles. The predicted molar refractivity (Wildman–Crippen MR) is 61.2 cm³/mol. The van der Waals surface area contributed by atoms with Crippen molar-refractivity contribution in [3.63, 3.8) is 0 Å². The molecule has 0 bridgehead atoms. The average molecular weight is 231 g/mol. The van der Waals surface area contributed by atoms with Crippen molar-refractivity contribution < 1.29 is 0 Å². The molecule has 0 fully saturated rings. The van der Waals surface area contributed by atoms with Crippen molar-refractivity contribution in [3.05, 3.63) is 47.9 Å². The van der Waals surface area contributed by atoms with Gasteiger partial charge in [-0.25, -0.2) is 9.50 Å². The molecule has 78 valence electrons. The van der Waals surface area contributed by atoms with Gasteiger partial charge >= 0.3 is 0 Å². The molecule has 0 aliphatic carbocycles. The Morgan fingerprint density at radius 3 is 2.88 bits per heavy atom. The number of halogens is 1. The van der Waals surface area contributed by atoms with Gasteiger partial charge in [0, 0.05) is 16.8 Å². The minimum Gasteiger partial charge on any atom is -0.211 e. The van der Waals surface area contributed by atoms with Crippen LogP contribution in [0.4, 0.5) is 0 Å². The van der Waals surface area contributed by atoms with Crippen LogP contribution in [0.15, 0.2) is 42.9 Å². The van der Waals surface area contributed by atoms with Crippen LogP contribution in [0.3, 0.4) is 0 Å². The van der Waals surface area contributed by atoms with Crippen molar-refractivity contribution in [1.29, 1.82) is 0 Å². The summed E-state index contributed by atoms with van der Waals surface area (Å²) in [7, 11) is 0. The fourth-order valence-electron chi connectivity index (χ4n) is 1.53. The zero-order chi connectivity index (χ0) is 11.0. The van der Waals surface area contributed by atoms with Gasteiger partial charge in [-0.3, -0.25) is 0 Å². The lowest BCUT2D eigenvalue weighted by molar-refractivity contribution is 0.941. The van der Waals surface area contributed by atoms with E-state index < -0.39 is 0 Å². The van der Waals surface area contributed by atoms with Crippen LogP contribution in [0.2, 0.25) is 5.02 Å². The van der Waals surface area contributed by atoms with Gasteiger partial charge in [-0.1, -0.05) is 29.8 Å². The second-order valence-corrected chi connectivity index (χ2v) is 3.70. The van der Waals surface area contributed by atoms with Crippen molar-refractivity contribution in [3.8, 4) is 11.3 Å². The Kier molecular flexibility index (Phi) is 2.08. The summed E-state index contributed by atoms with van der Waals surface area (Å²) in [5.74, 6) is 0.567. The van der Waals surface area contributed by atoms with Crippen LogP contribution in [0.25, 0.3) is 17.0 Å². The molecule has 0 spiro atoms. The maximum atomic E-state index is 6.10. The van der Waals surface area contributed by atoms with Crippen LogP contribution in [0.5, 0.6) is 0 Å². The minimum absolute atomic E-state index is 0.567. The van der Waals surface area contributed by atoms with Gasteiger partial charge in [0.25, 0.3) is 5.78 Å². The molecule has 0 unspecified atom stereocenters. The summed E-state index contributed by atoms with van der Waals surface area (Å²) in [5.41, 5.74) is 1.70. The summed E-state index contributed by atoms with van der Waals surface area (Å²) in [5, 5.41) is 4.67. The summed E-state index contributed by atoms with van der Waals surface area (Å²) < 4.78 is 1.61. The van der Waals surface area contributed by atoms with Gasteiger partial charge in [-0.2, -0.15) is 10.1 Å². The fraction of sp³-hybridized carbons (Fsp3) is 0. The highest BCUT2D eigenvalue weighted by Crippen LogP contribution is 2.25. The molecule has 0 amide bonds. The van der Waals surface area contributed by atoms with Crippen molar-refractivity contribution in [2.45, 2.75) is 0 Å². The standard InChI is InChI=1S/C11H7ClN4/c12-9-4-2-1-3-8(9)10-5-6-16-11(15-10)13-7-14-16/h1-7H. The van der Waals surface area contributed by atoms with Gasteiger partial charge in [-0.15, -0.1) is 0 Å². The number of benzene rings is 1. The molecule has 5 heteroatoms. The maximum absolute atomic E-state index is 6.10. The van der Waals surface area contributed by atoms with E-state index in [1.807, 2.05) is 36.5 Å². The monoisotopic (exact) mass is 230 g/mol. The van der Waals surface area contributed by atoms with E-state index in [9.17, 15) is 0 Å². The molecule has 2 aromatic heterocycles. The van der Waals surface area contributed by atoms with Crippen molar-refractivity contribution in [2.24, 2.45) is 0 Å². The lowest BCUT2D eigenvalue weighted by Crippen LogP contribution is -1.92.